The van der Waals surface area contributed by atoms with Crippen LogP contribution < -0.4 is 4.74 Å². The third-order valence-electron chi connectivity index (χ3n) is 6.06. The number of rotatable bonds is 14. The highest BCUT2D eigenvalue weighted by Gasteiger charge is 2.17. The van der Waals surface area contributed by atoms with E-state index in [4.69, 9.17) is 4.74 Å². The van der Waals surface area contributed by atoms with Crippen LogP contribution in [0.3, 0.4) is 0 Å². The highest BCUT2D eigenvalue weighted by atomic mass is 16.5. The van der Waals surface area contributed by atoms with Crippen molar-refractivity contribution in [3.8, 4) is 11.8 Å². The first-order chi connectivity index (χ1) is 15.6. The largest absolute Gasteiger partial charge is 0.422 e. The minimum Gasteiger partial charge on any atom is -0.422 e. The molecule has 4 heteroatoms. The predicted octanol–water partition coefficient (Wildman–Crippen LogP) is 7.25. The van der Waals surface area contributed by atoms with Crippen molar-refractivity contribution < 1.29 is 9.53 Å². The van der Waals surface area contributed by atoms with Crippen molar-refractivity contribution in [1.29, 1.82) is 5.26 Å². The lowest BCUT2D eigenvalue weighted by Gasteiger charge is -2.19. The van der Waals surface area contributed by atoms with Crippen LogP contribution in [0.2, 0.25) is 0 Å². The van der Waals surface area contributed by atoms with Crippen LogP contribution in [0, 0.1) is 18.3 Å². The molecule has 1 fully saturated rings. The molecule has 1 heterocycles. The molecule has 0 spiro atoms. The summed E-state index contributed by atoms with van der Waals surface area (Å²) in [6.07, 6.45) is 19.1. The van der Waals surface area contributed by atoms with E-state index < -0.39 is 5.97 Å². The van der Waals surface area contributed by atoms with Crippen molar-refractivity contribution in [1.82, 2.24) is 4.90 Å². The van der Waals surface area contributed by atoms with Gasteiger partial charge in [0.15, 0.2) is 0 Å². The number of esters is 1. The standard InChI is InChI=1S/C28H40N2O2/c1-3-4-5-6-7-8-9-10-11-12-21-30-22-13-14-26(30)18-17-25(23-29)28(31)32-27-19-15-24(2)16-20-27/h15-20H,3-14,21-22H2,1-2H3. The van der Waals surface area contributed by atoms with Crippen molar-refractivity contribution in [3.63, 3.8) is 0 Å². The average Bonchev–Trinajstić information content (AvgIpc) is 3.24. The maximum absolute atomic E-state index is 12.3. The fraction of sp³-hybridized carbons (Fsp3) is 0.571. The SMILES string of the molecule is CCCCCCCCCCCCN1CCCC1=CC=C(C#N)C(=O)Oc1ccc(C)cc1. The predicted molar refractivity (Wildman–Crippen MR) is 131 cm³/mol. The number of nitrogens with zero attached hydrogens (tertiary/aromatic N) is 2. The molecule has 32 heavy (non-hydrogen) atoms. The molecule has 4 nitrogen and oxygen atoms in total. The molecule has 0 N–H and O–H groups in total. The number of ether oxygens (including phenoxy) is 1. The quantitative estimate of drug-likeness (QED) is 0.101. The monoisotopic (exact) mass is 436 g/mol. The van der Waals surface area contributed by atoms with Gasteiger partial charge in [-0.05, 0) is 50.5 Å². The van der Waals surface area contributed by atoms with Gasteiger partial charge in [0, 0.05) is 18.8 Å². The molecule has 174 valence electrons. The fourth-order valence-corrected chi connectivity index (χ4v) is 4.09. The normalized spacial score (nSPS) is 15.2. The highest BCUT2D eigenvalue weighted by Crippen LogP contribution is 2.22. The second-order valence-electron chi connectivity index (χ2n) is 8.83. The number of carbonyl (C=O) groups is 1. The highest BCUT2D eigenvalue weighted by molar-refractivity contribution is 5.94. The number of likely N-dealkylation sites (tertiary alicyclic amines) is 1. The Labute approximate surface area is 195 Å². The van der Waals surface area contributed by atoms with Gasteiger partial charge < -0.3 is 9.64 Å². The summed E-state index contributed by atoms with van der Waals surface area (Å²) in [6.45, 7) is 6.36. The summed E-state index contributed by atoms with van der Waals surface area (Å²) in [5.41, 5.74) is 2.34. The van der Waals surface area contributed by atoms with E-state index in [0.29, 0.717) is 5.75 Å². The Balaban J connectivity index is 1.73. The molecule has 1 aromatic carbocycles. The summed E-state index contributed by atoms with van der Waals surface area (Å²) in [5.74, 6) is -0.148. The summed E-state index contributed by atoms with van der Waals surface area (Å²) in [4.78, 5) is 14.7. The van der Waals surface area contributed by atoms with Gasteiger partial charge in [0.1, 0.15) is 17.4 Å². The van der Waals surface area contributed by atoms with E-state index in [-0.39, 0.29) is 5.57 Å². The summed E-state index contributed by atoms with van der Waals surface area (Å²) >= 11 is 0. The zero-order valence-electron chi connectivity index (χ0n) is 20.1. The van der Waals surface area contributed by atoms with Crippen molar-refractivity contribution in [2.75, 3.05) is 13.1 Å². The molecule has 0 bridgehead atoms. The van der Waals surface area contributed by atoms with E-state index in [1.807, 2.05) is 31.2 Å². The molecule has 1 aliphatic rings. The van der Waals surface area contributed by atoms with E-state index in [1.165, 1.54) is 69.9 Å². The lowest BCUT2D eigenvalue weighted by molar-refractivity contribution is -0.129. The van der Waals surface area contributed by atoms with Crippen LogP contribution in [0.15, 0.2) is 47.7 Å². The second kappa shape index (κ2) is 15.3. The van der Waals surface area contributed by atoms with Gasteiger partial charge in [-0.3, -0.25) is 0 Å². The van der Waals surface area contributed by atoms with E-state index in [0.717, 1.165) is 31.5 Å². The summed E-state index contributed by atoms with van der Waals surface area (Å²) in [7, 11) is 0. The minimum absolute atomic E-state index is 0.0314. The van der Waals surface area contributed by atoms with Crippen LogP contribution in [0.5, 0.6) is 5.75 Å². The third kappa shape index (κ3) is 9.73. The number of hydrogen-bond donors (Lipinski definition) is 0. The van der Waals surface area contributed by atoms with Gasteiger partial charge in [-0.1, -0.05) is 82.4 Å². The van der Waals surface area contributed by atoms with Crippen LogP contribution in [0.1, 0.15) is 89.5 Å². The number of benzene rings is 1. The topological polar surface area (TPSA) is 53.3 Å². The number of aryl methyl sites for hydroxylation is 1. The van der Waals surface area contributed by atoms with Crippen LogP contribution >= 0.6 is 0 Å². The van der Waals surface area contributed by atoms with Gasteiger partial charge in [-0.2, -0.15) is 5.26 Å². The molecule has 1 aromatic rings. The average molecular weight is 437 g/mol. The Morgan fingerprint density at radius 1 is 1.03 bits per heavy atom. The minimum atomic E-state index is -0.604. The van der Waals surface area contributed by atoms with Crippen molar-refractivity contribution in [3.05, 3.63) is 53.3 Å². The maximum atomic E-state index is 12.3. The van der Waals surface area contributed by atoms with Gasteiger partial charge in [0.25, 0.3) is 0 Å². The Bertz CT molecular complexity index is 787. The summed E-state index contributed by atoms with van der Waals surface area (Å²) in [5, 5.41) is 9.40. The van der Waals surface area contributed by atoms with Gasteiger partial charge in [0.2, 0.25) is 0 Å². The van der Waals surface area contributed by atoms with Crippen molar-refractivity contribution in [2.45, 2.75) is 90.9 Å². The lowest BCUT2D eigenvalue weighted by atomic mass is 10.1. The molecular weight excluding hydrogens is 396 g/mol. The molecule has 0 radical (unpaired) electrons. The number of nitriles is 1. The summed E-state index contributed by atoms with van der Waals surface area (Å²) in [6, 6.07) is 9.23. The molecule has 1 aliphatic heterocycles. The molecule has 1 saturated heterocycles. The number of allylic oxidation sites excluding steroid dienone is 3. The Kier molecular flexibility index (Phi) is 12.3. The molecule has 0 amide bonds. The van der Waals surface area contributed by atoms with Crippen LogP contribution in [0.4, 0.5) is 0 Å². The van der Waals surface area contributed by atoms with Gasteiger partial charge in [0.05, 0.1) is 0 Å². The van der Waals surface area contributed by atoms with E-state index in [9.17, 15) is 10.1 Å². The number of carbonyl (C=O) groups excluding carboxylic acids is 1. The van der Waals surface area contributed by atoms with Gasteiger partial charge >= 0.3 is 5.97 Å². The third-order valence-corrected chi connectivity index (χ3v) is 6.06. The zero-order chi connectivity index (χ0) is 23.0. The molecule has 0 unspecified atom stereocenters. The molecule has 0 saturated carbocycles. The molecule has 0 aliphatic carbocycles. The van der Waals surface area contributed by atoms with Gasteiger partial charge in [-0.15, -0.1) is 0 Å². The fourth-order valence-electron chi connectivity index (χ4n) is 4.09. The van der Waals surface area contributed by atoms with Crippen LogP contribution in [-0.4, -0.2) is 24.0 Å². The second-order valence-corrected chi connectivity index (χ2v) is 8.83. The lowest BCUT2D eigenvalue weighted by Crippen LogP contribution is -2.19. The van der Waals surface area contributed by atoms with Crippen molar-refractivity contribution >= 4 is 5.97 Å². The summed E-state index contributed by atoms with van der Waals surface area (Å²) < 4.78 is 5.33. The Morgan fingerprint density at radius 3 is 2.28 bits per heavy atom. The smallest absolute Gasteiger partial charge is 0.354 e. The first-order valence-electron chi connectivity index (χ1n) is 12.5. The Morgan fingerprint density at radius 2 is 1.66 bits per heavy atom. The maximum Gasteiger partial charge on any atom is 0.354 e. The molecular formula is C28H40N2O2. The van der Waals surface area contributed by atoms with Gasteiger partial charge in [-0.25, -0.2) is 4.79 Å². The number of unbranched alkanes of at least 4 members (excludes halogenated alkanes) is 9. The first-order valence-corrected chi connectivity index (χ1v) is 12.5. The zero-order valence-corrected chi connectivity index (χ0v) is 20.1. The van der Waals surface area contributed by atoms with Crippen LogP contribution in [-0.2, 0) is 4.79 Å². The van der Waals surface area contributed by atoms with Crippen molar-refractivity contribution in [2.24, 2.45) is 0 Å². The molecule has 2 rings (SSSR count). The molecule has 0 atom stereocenters. The Hall–Kier alpha value is -2.54. The van der Waals surface area contributed by atoms with Crippen LogP contribution in [0.25, 0.3) is 0 Å². The van der Waals surface area contributed by atoms with E-state index in [1.54, 1.807) is 18.2 Å². The van der Waals surface area contributed by atoms with E-state index >= 15 is 0 Å². The molecule has 0 aromatic heterocycles. The number of hydrogen-bond acceptors (Lipinski definition) is 4. The first kappa shape index (κ1) is 25.7. The van der Waals surface area contributed by atoms with E-state index in [2.05, 4.69) is 11.8 Å².